The molecule has 1 unspecified atom stereocenters. The molecule has 5 heteroatoms. The number of carbonyl (C=O) groups excluding carboxylic acids is 1. The molecule has 22 heavy (non-hydrogen) atoms. The van der Waals surface area contributed by atoms with Crippen LogP contribution in [0.2, 0.25) is 0 Å². The highest BCUT2D eigenvalue weighted by atomic mass is 16.5. The number of anilines is 1. The van der Waals surface area contributed by atoms with Crippen LogP contribution < -0.4 is 15.4 Å². The maximum absolute atomic E-state index is 11.8. The maximum Gasteiger partial charge on any atom is 0.239 e. The fourth-order valence-corrected chi connectivity index (χ4v) is 2.31. The largest absolute Gasteiger partial charge is 0.491 e. The zero-order chi connectivity index (χ0) is 16.0. The fourth-order valence-electron chi connectivity index (χ4n) is 2.31. The normalized spacial score (nSPS) is 18.0. The van der Waals surface area contributed by atoms with Crippen molar-refractivity contribution in [3.8, 4) is 5.75 Å². The standard InChI is InChI=1S/C17H26N2O3/c1-17(2,3)19-16(20)11-18-13-6-4-7-14(10-13)22-12-15-8-5-9-21-15/h4,6-7,10,15,18H,5,8-9,11-12H2,1-3H3,(H,19,20). The third-order valence-corrected chi connectivity index (χ3v) is 3.26. The van der Waals surface area contributed by atoms with Crippen LogP contribution in [0, 0.1) is 0 Å². The van der Waals surface area contributed by atoms with Crippen molar-refractivity contribution in [1.82, 2.24) is 5.32 Å². The minimum absolute atomic E-state index is 0.0295. The summed E-state index contributed by atoms with van der Waals surface area (Å²) in [6, 6.07) is 7.65. The molecule has 0 bridgehead atoms. The minimum atomic E-state index is -0.217. The second kappa shape index (κ2) is 7.49. The molecule has 1 fully saturated rings. The van der Waals surface area contributed by atoms with Gasteiger partial charge in [0.25, 0.3) is 0 Å². The van der Waals surface area contributed by atoms with E-state index in [4.69, 9.17) is 9.47 Å². The van der Waals surface area contributed by atoms with Crippen molar-refractivity contribution < 1.29 is 14.3 Å². The van der Waals surface area contributed by atoms with Crippen LogP contribution in [-0.4, -0.2) is 37.3 Å². The van der Waals surface area contributed by atoms with E-state index in [9.17, 15) is 4.79 Å². The van der Waals surface area contributed by atoms with Crippen LogP contribution in [-0.2, 0) is 9.53 Å². The summed E-state index contributed by atoms with van der Waals surface area (Å²) >= 11 is 0. The third kappa shape index (κ3) is 5.93. The monoisotopic (exact) mass is 306 g/mol. The number of hydrogen-bond donors (Lipinski definition) is 2. The Morgan fingerprint density at radius 1 is 1.41 bits per heavy atom. The summed E-state index contributed by atoms with van der Waals surface area (Å²) in [7, 11) is 0. The molecule has 1 atom stereocenters. The van der Waals surface area contributed by atoms with Gasteiger partial charge in [-0.05, 0) is 45.7 Å². The summed E-state index contributed by atoms with van der Waals surface area (Å²) in [5.41, 5.74) is 0.652. The first kappa shape index (κ1) is 16.6. The van der Waals surface area contributed by atoms with Crippen molar-refractivity contribution in [1.29, 1.82) is 0 Å². The molecule has 0 aromatic heterocycles. The Balaban J connectivity index is 1.79. The van der Waals surface area contributed by atoms with E-state index in [1.807, 2.05) is 45.0 Å². The van der Waals surface area contributed by atoms with E-state index in [1.54, 1.807) is 0 Å². The topological polar surface area (TPSA) is 59.6 Å². The summed E-state index contributed by atoms with van der Waals surface area (Å²) in [5, 5.41) is 6.03. The van der Waals surface area contributed by atoms with Crippen LogP contribution in [0.1, 0.15) is 33.6 Å². The number of benzene rings is 1. The molecule has 1 heterocycles. The molecule has 1 saturated heterocycles. The molecule has 5 nitrogen and oxygen atoms in total. The van der Waals surface area contributed by atoms with E-state index in [1.165, 1.54) is 0 Å². The molecule has 0 radical (unpaired) electrons. The number of rotatable bonds is 6. The van der Waals surface area contributed by atoms with Gasteiger partial charge >= 0.3 is 0 Å². The Morgan fingerprint density at radius 2 is 2.23 bits per heavy atom. The van der Waals surface area contributed by atoms with E-state index in [0.717, 1.165) is 30.9 Å². The zero-order valence-corrected chi connectivity index (χ0v) is 13.6. The van der Waals surface area contributed by atoms with Crippen molar-refractivity contribution in [3.05, 3.63) is 24.3 Å². The van der Waals surface area contributed by atoms with Gasteiger partial charge in [-0.1, -0.05) is 6.07 Å². The van der Waals surface area contributed by atoms with E-state index in [-0.39, 0.29) is 24.1 Å². The molecule has 0 saturated carbocycles. The Bertz CT molecular complexity index is 491. The molecule has 2 N–H and O–H groups in total. The first-order chi connectivity index (χ1) is 10.4. The van der Waals surface area contributed by atoms with Crippen LogP contribution in [0.4, 0.5) is 5.69 Å². The molecular weight excluding hydrogens is 280 g/mol. The number of carbonyl (C=O) groups is 1. The average molecular weight is 306 g/mol. The van der Waals surface area contributed by atoms with Gasteiger partial charge in [0, 0.05) is 23.9 Å². The number of ether oxygens (including phenoxy) is 2. The zero-order valence-electron chi connectivity index (χ0n) is 13.6. The summed E-state index contributed by atoms with van der Waals surface area (Å²) < 4.78 is 11.3. The van der Waals surface area contributed by atoms with Gasteiger partial charge in [0.05, 0.1) is 12.6 Å². The smallest absolute Gasteiger partial charge is 0.239 e. The highest BCUT2D eigenvalue weighted by Crippen LogP contribution is 2.19. The maximum atomic E-state index is 11.8. The first-order valence-electron chi connectivity index (χ1n) is 7.82. The predicted molar refractivity (Wildman–Crippen MR) is 87.3 cm³/mol. The third-order valence-electron chi connectivity index (χ3n) is 3.26. The van der Waals surface area contributed by atoms with Crippen molar-refractivity contribution >= 4 is 11.6 Å². The van der Waals surface area contributed by atoms with Crippen molar-refractivity contribution in [3.63, 3.8) is 0 Å². The molecular formula is C17H26N2O3. The fraction of sp³-hybridized carbons (Fsp3) is 0.588. The van der Waals surface area contributed by atoms with Gasteiger partial charge in [-0.25, -0.2) is 0 Å². The predicted octanol–water partition coefficient (Wildman–Crippen LogP) is 2.57. The lowest BCUT2D eigenvalue weighted by Crippen LogP contribution is -2.43. The van der Waals surface area contributed by atoms with Gasteiger partial charge < -0.3 is 20.1 Å². The quantitative estimate of drug-likeness (QED) is 0.848. The molecule has 2 rings (SSSR count). The van der Waals surface area contributed by atoms with Crippen LogP contribution in [0.3, 0.4) is 0 Å². The molecule has 1 aromatic rings. The van der Waals surface area contributed by atoms with Gasteiger partial charge in [0.2, 0.25) is 5.91 Å². The van der Waals surface area contributed by atoms with E-state index >= 15 is 0 Å². The number of nitrogens with one attached hydrogen (secondary N) is 2. The van der Waals surface area contributed by atoms with Crippen LogP contribution >= 0.6 is 0 Å². The van der Waals surface area contributed by atoms with Gasteiger partial charge in [0.15, 0.2) is 0 Å². The lowest BCUT2D eigenvalue weighted by molar-refractivity contribution is -0.120. The molecule has 1 amide bonds. The van der Waals surface area contributed by atoms with Crippen molar-refractivity contribution in [2.75, 3.05) is 25.1 Å². The molecule has 1 aliphatic heterocycles. The molecule has 1 aliphatic rings. The van der Waals surface area contributed by atoms with E-state index in [2.05, 4.69) is 10.6 Å². The number of hydrogen-bond acceptors (Lipinski definition) is 4. The van der Waals surface area contributed by atoms with Gasteiger partial charge in [-0.15, -0.1) is 0 Å². The second-order valence-electron chi connectivity index (χ2n) is 6.63. The van der Waals surface area contributed by atoms with Crippen molar-refractivity contribution in [2.45, 2.75) is 45.3 Å². The lowest BCUT2D eigenvalue weighted by atomic mass is 10.1. The van der Waals surface area contributed by atoms with Gasteiger partial charge in [-0.2, -0.15) is 0 Å². The van der Waals surface area contributed by atoms with Gasteiger partial charge in [-0.3, -0.25) is 4.79 Å². The summed E-state index contributed by atoms with van der Waals surface area (Å²) in [6.07, 6.45) is 2.37. The minimum Gasteiger partial charge on any atom is -0.491 e. The van der Waals surface area contributed by atoms with E-state index < -0.39 is 0 Å². The molecule has 122 valence electrons. The second-order valence-corrected chi connectivity index (χ2v) is 6.63. The first-order valence-corrected chi connectivity index (χ1v) is 7.82. The molecule has 1 aromatic carbocycles. The van der Waals surface area contributed by atoms with Crippen LogP contribution in [0.5, 0.6) is 5.75 Å². The molecule has 0 aliphatic carbocycles. The average Bonchev–Trinajstić information content (AvgIpc) is 2.95. The Hall–Kier alpha value is -1.75. The Labute approximate surface area is 132 Å². The summed E-state index contributed by atoms with van der Waals surface area (Å²) in [5.74, 6) is 0.759. The SMILES string of the molecule is CC(C)(C)NC(=O)CNc1cccc(OCC2CCCO2)c1. The van der Waals surface area contributed by atoms with Crippen LogP contribution in [0.25, 0.3) is 0 Å². The van der Waals surface area contributed by atoms with Crippen molar-refractivity contribution in [2.24, 2.45) is 0 Å². The number of amides is 1. The van der Waals surface area contributed by atoms with E-state index in [0.29, 0.717) is 6.61 Å². The summed E-state index contributed by atoms with van der Waals surface area (Å²) in [4.78, 5) is 11.8. The highest BCUT2D eigenvalue weighted by molar-refractivity contribution is 5.81. The Kier molecular flexibility index (Phi) is 5.66. The lowest BCUT2D eigenvalue weighted by Gasteiger charge is -2.20. The molecule has 0 spiro atoms. The summed E-state index contributed by atoms with van der Waals surface area (Å²) in [6.45, 7) is 7.54. The van der Waals surface area contributed by atoms with Gasteiger partial charge in [0.1, 0.15) is 12.4 Å². The Morgan fingerprint density at radius 3 is 2.91 bits per heavy atom. The highest BCUT2D eigenvalue weighted by Gasteiger charge is 2.16. The van der Waals surface area contributed by atoms with Crippen LogP contribution in [0.15, 0.2) is 24.3 Å².